The van der Waals surface area contributed by atoms with Crippen molar-refractivity contribution in [3.63, 3.8) is 0 Å². The fourth-order valence-electron chi connectivity index (χ4n) is 1.87. The third-order valence-electron chi connectivity index (χ3n) is 2.63. The van der Waals surface area contributed by atoms with E-state index in [2.05, 4.69) is 4.98 Å². The number of benzene rings is 1. The summed E-state index contributed by atoms with van der Waals surface area (Å²) in [5, 5.41) is 0.822. The van der Waals surface area contributed by atoms with Gasteiger partial charge in [0.25, 0.3) is 0 Å². The first-order valence-electron chi connectivity index (χ1n) is 5.33. The van der Waals surface area contributed by atoms with Crippen LogP contribution in [0, 0.1) is 11.6 Å². The molecule has 2 aromatic heterocycles. The normalized spacial score (nSPS) is 11.2. The molecule has 0 spiro atoms. The van der Waals surface area contributed by atoms with Crippen molar-refractivity contribution < 1.29 is 8.78 Å². The Hall–Kier alpha value is -1.65. The molecule has 1 aromatic carbocycles. The predicted octanol–water partition coefficient (Wildman–Crippen LogP) is 4.59. The minimum atomic E-state index is -0.656. The van der Waals surface area contributed by atoms with Gasteiger partial charge in [-0.05, 0) is 18.2 Å². The molecular formula is C13H6Cl2F2N2. The highest BCUT2D eigenvalue weighted by atomic mass is 35.5. The maximum Gasteiger partial charge on any atom is 0.156 e. The molecule has 0 saturated heterocycles. The first-order chi connectivity index (χ1) is 9.02. The van der Waals surface area contributed by atoms with Crippen molar-refractivity contribution in [2.75, 3.05) is 0 Å². The van der Waals surface area contributed by atoms with Crippen LogP contribution < -0.4 is 0 Å². The summed E-state index contributed by atoms with van der Waals surface area (Å²) in [6.07, 6.45) is 3.23. The largest absolute Gasteiger partial charge is 0.304 e. The van der Waals surface area contributed by atoms with Crippen LogP contribution >= 0.6 is 23.2 Å². The summed E-state index contributed by atoms with van der Waals surface area (Å²) < 4.78 is 28.0. The molecule has 19 heavy (non-hydrogen) atoms. The topological polar surface area (TPSA) is 17.3 Å². The van der Waals surface area contributed by atoms with E-state index in [1.54, 1.807) is 22.9 Å². The highest BCUT2D eigenvalue weighted by Crippen LogP contribution is 2.26. The Morgan fingerprint density at radius 2 is 1.63 bits per heavy atom. The zero-order valence-corrected chi connectivity index (χ0v) is 10.9. The summed E-state index contributed by atoms with van der Waals surface area (Å²) in [5.41, 5.74) is 1.24. The Kier molecular flexibility index (Phi) is 2.92. The molecule has 0 aliphatic heterocycles. The van der Waals surface area contributed by atoms with Crippen LogP contribution in [0.4, 0.5) is 8.78 Å². The predicted molar refractivity (Wildman–Crippen MR) is 70.6 cm³/mol. The monoisotopic (exact) mass is 298 g/mol. The molecule has 0 amide bonds. The molecule has 6 heteroatoms. The third kappa shape index (κ3) is 2.29. The number of hydrogen-bond acceptors (Lipinski definition) is 1. The van der Waals surface area contributed by atoms with Crippen molar-refractivity contribution in [2.24, 2.45) is 0 Å². The fourth-order valence-corrected chi connectivity index (χ4v) is 2.39. The van der Waals surface area contributed by atoms with E-state index < -0.39 is 11.6 Å². The van der Waals surface area contributed by atoms with Gasteiger partial charge in [0.05, 0.1) is 15.7 Å². The van der Waals surface area contributed by atoms with Crippen LogP contribution in [0.1, 0.15) is 0 Å². The van der Waals surface area contributed by atoms with Gasteiger partial charge in [0.2, 0.25) is 0 Å². The molecule has 0 saturated carbocycles. The molecule has 2 nitrogen and oxygen atoms in total. The summed E-state index contributed by atoms with van der Waals surface area (Å²) in [7, 11) is 0. The van der Waals surface area contributed by atoms with Crippen LogP contribution in [0.2, 0.25) is 10.0 Å². The molecule has 3 aromatic rings. The van der Waals surface area contributed by atoms with Gasteiger partial charge in [-0.15, -0.1) is 0 Å². The number of rotatable bonds is 1. The van der Waals surface area contributed by atoms with Crippen LogP contribution in [0.15, 0.2) is 36.7 Å². The van der Waals surface area contributed by atoms with Gasteiger partial charge in [0.1, 0.15) is 11.6 Å². The second-order valence-electron chi connectivity index (χ2n) is 4.02. The van der Waals surface area contributed by atoms with E-state index in [0.29, 0.717) is 26.9 Å². The summed E-state index contributed by atoms with van der Waals surface area (Å²) in [5.74, 6) is -1.31. The first kappa shape index (κ1) is 12.4. The average Bonchev–Trinajstić information content (AvgIpc) is 2.71. The fraction of sp³-hybridized carbons (Fsp3) is 0. The standard InChI is InChI=1S/C13H6Cl2F2N2/c14-8-3-11(15)13-18-12(6-19(13)5-8)7-1-9(16)4-10(17)2-7/h1-6H. The Morgan fingerprint density at radius 1 is 0.947 bits per heavy atom. The summed E-state index contributed by atoms with van der Waals surface area (Å²) >= 11 is 11.9. The van der Waals surface area contributed by atoms with Gasteiger partial charge < -0.3 is 4.40 Å². The van der Waals surface area contributed by atoms with E-state index in [1.165, 1.54) is 12.1 Å². The van der Waals surface area contributed by atoms with Gasteiger partial charge in [-0.25, -0.2) is 13.8 Å². The smallest absolute Gasteiger partial charge is 0.156 e. The lowest BCUT2D eigenvalue weighted by atomic mass is 10.1. The lowest BCUT2D eigenvalue weighted by Crippen LogP contribution is -1.83. The van der Waals surface area contributed by atoms with Crippen LogP contribution in [-0.2, 0) is 0 Å². The molecule has 96 valence electrons. The molecule has 0 aliphatic carbocycles. The Labute approximate surface area is 117 Å². The Morgan fingerprint density at radius 3 is 2.32 bits per heavy atom. The van der Waals surface area contributed by atoms with Crippen LogP contribution in [0.25, 0.3) is 16.9 Å². The van der Waals surface area contributed by atoms with Gasteiger partial charge in [-0.2, -0.15) is 0 Å². The van der Waals surface area contributed by atoms with Gasteiger partial charge in [-0.1, -0.05) is 23.2 Å². The highest BCUT2D eigenvalue weighted by molar-refractivity contribution is 6.36. The number of fused-ring (bicyclic) bond motifs is 1. The summed E-state index contributed by atoms with van der Waals surface area (Å²) in [6.45, 7) is 0. The zero-order valence-electron chi connectivity index (χ0n) is 9.37. The maximum absolute atomic E-state index is 13.2. The van der Waals surface area contributed by atoms with E-state index in [0.717, 1.165) is 6.07 Å². The lowest BCUT2D eigenvalue weighted by molar-refractivity contribution is 0.584. The number of nitrogens with zero attached hydrogens (tertiary/aromatic N) is 2. The Balaban J connectivity index is 2.23. The minimum absolute atomic E-state index is 0.341. The van der Waals surface area contributed by atoms with E-state index in [1.807, 2.05) is 0 Å². The van der Waals surface area contributed by atoms with Crippen LogP contribution in [-0.4, -0.2) is 9.38 Å². The molecule has 0 aliphatic rings. The van der Waals surface area contributed by atoms with Crippen molar-refractivity contribution in [3.8, 4) is 11.3 Å². The average molecular weight is 299 g/mol. The molecule has 0 radical (unpaired) electrons. The lowest BCUT2D eigenvalue weighted by Gasteiger charge is -1.97. The molecule has 0 unspecified atom stereocenters. The SMILES string of the molecule is Fc1cc(F)cc(-c2cn3cc(Cl)cc(Cl)c3n2)c1. The first-order valence-corrected chi connectivity index (χ1v) is 6.09. The van der Waals surface area contributed by atoms with Gasteiger partial charge in [0.15, 0.2) is 5.65 Å². The second-order valence-corrected chi connectivity index (χ2v) is 4.87. The number of halogens is 4. The molecule has 0 fully saturated rings. The van der Waals surface area contributed by atoms with E-state index in [4.69, 9.17) is 23.2 Å². The van der Waals surface area contributed by atoms with Crippen molar-refractivity contribution >= 4 is 28.8 Å². The van der Waals surface area contributed by atoms with E-state index >= 15 is 0 Å². The molecule has 0 N–H and O–H groups in total. The van der Waals surface area contributed by atoms with E-state index in [-0.39, 0.29) is 0 Å². The number of imidazole rings is 1. The molecule has 0 atom stereocenters. The molecule has 2 heterocycles. The van der Waals surface area contributed by atoms with Crippen molar-refractivity contribution in [1.29, 1.82) is 0 Å². The van der Waals surface area contributed by atoms with Gasteiger partial charge in [-0.3, -0.25) is 0 Å². The van der Waals surface area contributed by atoms with Crippen LogP contribution in [0.5, 0.6) is 0 Å². The third-order valence-corrected chi connectivity index (χ3v) is 3.12. The zero-order chi connectivity index (χ0) is 13.6. The summed E-state index contributed by atoms with van der Waals surface area (Å²) in [6, 6.07) is 4.78. The van der Waals surface area contributed by atoms with Crippen molar-refractivity contribution in [2.45, 2.75) is 0 Å². The minimum Gasteiger partial charge on any atom is -0.304 e. The maximum atomic E-state index is 13.2. The molecule has 0 bridgehead atoms. The van der Waals surface area contributed by atoms with Crippen molar-refractivity contribution in [3.05, 3.63) is 58.3 Å². The quantitative estimate of drug-likeness (QED) is 0.642. The molecular weight excluding hydrogens is 293 g/mol. The van der Waals surface area contributed by atoms with Crippen LogP contribution in [0.3, 0.4) is 0 Å². The Bertz CT molecular complexity index is 763. The highest BCUT2D eigenvalue weighted by Gasteiger charge is 2.10. The van der Waals surface area contributed by atoms with E-state index in [9.17, 15) is 8.78 Å². The number of aromatic nitrogens is 2. The molecule has 3 rings (SSSR count). The van der Waals surface area contributed by atoms with Gasteiger partial charge in [0, 0.05) is 24.0 Å². The van der Waals surface area contributed by atoms with Gasteiger partial charge >= 0.3 is 0 Å². The number of hydrogen-bond donors (Lipinski definition) is 0. The summed E-state index contributed by atoms with van der Waals surface area (Å²) in [4.78, 5) is 4.24. The number of pyridine rings is 1. The second kappa shape index (κ2) is 4.47. The van der Waals surface area contributed by atoms with Crippen molar-refractivity contribution in [1.82, 2.24) is 9.38 Å².